The highest BCUT2D eigenvalue weighted by Gasteiger charge is 2.57. The number of aromatic nitrogens is 3. The number of pyridine rings is 2. The molecule has 1 saturated carbocycles. The summed E-state index contributed by atoms with van der Waals surface area (Å²) < 4.78 is 66.2. The molecule has 0 bridgehead atoms. The summed E-state index contributed by atoms with van der Waals surface area (Å²) in [7, 11) is 0. The standard InChI is InChI=1S/C21H17F5N4OS/c1-2-32-17-8-14(19(11-27)4-5-19)10-30(31)18(17)15-7-13-3-6-29(16(13)9-28-15)12-20(22,23)21(24,25)26/h3,6-10H,2,4-5,12H2,1H3. The average Bonchev–Trinajstić information content (AvgIpc) is 3.43. The summed E-state index contributed by atoms with van der Waals surface area (Å²) in [5.74, 6) is -4.24. The van der Waals surface area contributed by atoms with Crippen LogP contribution in [0.2, 0.25) is 0 Å². The molecule has 0 unspecified atom stereocenters. The normalized spacial score (nSPS) is 15.7. The molecule has 0 amide bonds. The Morgan fingerprint density at radius 1 is 1.28 bits per heavy atom. The number of thioether (sulfide) groups is 1. The van der Waals surface area contributed by atoms with Gasteiger partial charge >= 0.3 is 12.1 Å². The Morgan fingerprint density at radius 2 is 2.00 bits per heavy atom. The van der Waals surface area contributed by atoms with E-state index in [1.54, 1.807) is 6.07 Å². The molecule has 0 atom stereocenters. The molecule has 5 nitrogen and oxygen atoms in total. The lowest BCUT2D eigenvalue weighted by Crippen LogP contribution is -2.40. The van der Waals surface area contributed by atoms with Crippen molar-refractivity contribution in [2.75, 3.05) is 5.75 Å². The van der Waals surface area contributed by atoms with Gasteiger partial charge in [0.1, 0.15) is 5.69 Å². The lowest BCUT2D eigenvalue weighted by Gasteiger charge is -2.20. The summed E-state index contributed by atoms with van der Waals surface area (Å²) in [6.45, 7) is 0.343. The highest BCUT2D eigenvalue weighted by molar-refractivity contribution is 7.99. The van der Waals surface area contributed by atoms with Crippen LogP contribution in [0.4, 0.5) is 22.0 Å². The smallest absolute Gasteiger partial charge is 0.455 e. The lowest BCUT2D eigenvalue weighted by molar-refractivity contribution is -0.596. The van der Waals surface area contributed by atoms with Crippen molar-refractivity contribution in [3.05, 3.63) is 47.6 Å². The first kappa shape index (κ1) is 22.3. The van der Waals surface area contributed by atoms with Gasteiger partial charge in [-0.3, -0.25) is 0 Å². The van der Waals surface area contributed by atoms with Crippen molar-refractivity contribution in [2.45, 2.75) is 48.7 Å². The minimum absolute atomic E-state index is 0.0952. The summed E-state index contributed by atoms with van der Waals surface area (Å²) in [4.78, 5) is 4.81. The topological polar surface area (TPSA) is 68.5 Å². The first-order chi connectivity index (χ1) is 15.0. The SMILES string of the molecule is CCSc1cc(C2(C#N)CC2)c[n+]([O-])c1-c1cc2ccn(CC(F)(F)C(F)(F)F)c2cn1. The van der Waals surface area contributed by atoms with E-state index in [1.165, 1.54) is 36.3 Å². The van der Waals surface area contributed by atoms with Crippen LogP contribution in [0.25, 0.3) is 22.3 Å². The number of hydrogen-bond donors (Lipinski definition) is 0. The van der Waals surface area contributed by atoms with Crippen molar-refractivity contribution in [1.29, 1.82) is 5.26 Å². The predicted molar refractivity (Wildman–Crippen MR) is 108 cm³/mol. The van der Waals surface area contributed by atoms with Crippen LogP contribution in [0.5, 0.6) is 0 Å². The minimum atomic E-state index is -5.67. The van der Waals surface area contributed by atoms with E-state index >= 15 is 0 Å². The van der Waals surface area contributed by atoms with Gasteiger partial charge < -0.3 is 9.77 Å². The number of nitriles is 1. The molecule has 0 spiro atoms. The molecular formula is C21H17F5N4OS. The van der Waals surface area contributed by atoms with E-state index in [2.05, 4.69) is 11.1 Å². The lowest BCUT2D eigenvalue weighted by atomic mass is 9.99. The summed E-state index contributed by atoms with van der Waals surface area (Å²) in [6, 6.07) is 6.94. The molecule has 1 aliphatic rings. The molecule has 0 saturated heterocycles. The number of fused-ring (bicyclic) bond motifs is 1. The molecule has 3 aromatic rings. The molecule has 32 heavy (non-hydrogen) atoms. The first-order valence-corrected chi connectivity index (χ1v) is 10.7. The van der Waals surface area contributed by atoms with Gasteiger partial charge in [-0.25, -0.2) is 4.98 Å². The zero-order chi connectivity index (χ0) is 23.3. The highest BCUT2D eigenvalue weighted by Crippen LogP contribution is 2.48. The second-order valence-corrected chi connectivity index (χ2v) is 8.97. The number of nitrogens with zero attached hydrogens (tertiary/aromatic N) is 4. The number of rotatable bonds is 6. The Labute approximate surface area is 184 Å². The molecule has 4 rings (SSSR count). The maximum Gasteiger partial charge on any atom is 0.455 e. The molecule has 3 aromatic heterocycles. The van der Waals surface area contributed by atoms with Gasteiger partial charge in [0.25, 0.3) is 5.69 Å². The van der Waals surface area contributed by atoms with Gasteiger partial charge in [-0.15, -0.1) is 11.8 Å². The van der Waals surface area contributed by atoms with Crippen LogP contribution >= 0.6 is 11.8 Å². The number of halogens is 5. The molecule has 1 aliphatic carbocycles. The number of hydrogen-bond acceptors (Lipinski definition) is 4. The van der Waals surface area contributed by atoms with E-state index in [0.717, 1.165) is 10.8 Å². The van der Waals surface area contributed by atoms with E-state index in [4.69, 9.17) is 0 Å². The van der Waals surface area contributed by atoms with Gasteiger partial charge in [-0.1, -0.05) is 6.92 Å². The van der Waals surface area contributed by atoms with Gasteiger partial charge in [0.2, 0.25) is 0 Å². The Morgan fingerprint density at radius 3 is 2.59 bits per heavy atom. The van der Waals surface area contributed by atoms with Gasteiger partial charge in [0, 0.05) is 17.1 Å². The molecule has 11 heteroatoms. The Hall–Kier alpha value is -2.87. The second-order valence-electron chi connectivity index (χ2n) is 7.67. The fraction of sp³-hybridized carbons (Fsp3) is 0.381. The zero-order valence-corrected chi connectivity index (χ0v) is 17.6. The molecular weight excluding hydrogens is 451 g/mol. The van der Waals surface area contributed by atoms with E-state index in [9.17, 15) is 32.4 Å². The highest BCUT2D eigenvalue weighted by atomic mass is 32.2. The molecule has 168 valence electrons. The van der Waals surface area contributed by atoms with Gasteiger partial charge in [0.05, 0.1) is 34.6 Å². The predicted octanol–water partition coefficient (Wildman–Crippen LogP) is 5.20. The van der Waals surface area contributed by atoms with Crippen LogP contribution in [0.15, 0.2) is 41.7 Å². The Bertz CT molecular complexity index is 1230. The quantitative estimate of drug-likeness (QED) is 0.216. The molecule has 3 heterocycles. The van der Waals surface area contributed by atoms with Gasteiger partial charge in [-0.2, -0.15) is 31.9 Å². The third kappa shape index (κ3) is 3.77. The summed E-state index contributed by atoms with van der Waals surface area (Å²) in [6.07, 6.45) is -0.634. The van der Waals surface area contributed by atoms with E-state index < -0.39 is 24.1 Å². The first-order valence-electron chi connectivity index (χ1n) is 9.73. The monoisotopic (exact) mass is 468 g/mol. The molecule has 1 fully saturated rings. The summed E-state index contributed by atoms with van der Waals surface area (Å²) in [5, 5.41) is 22.7. The van der Waals surface area contributed by atoms with Gasteiger partial charge in [-0.05, 0) is 36.8 Å². The van der Waals surface area contributed by atoms with Crippen molar-refractivity contribution in [3.8, 4) is 17.5 Å². The third-order valence-corrected chi connectivity index (χ3v) is 6.41. The van der Waals surface area contributed by atoms with Crippen molar-refractivity contribution in [1.82, 2.24) is 9.55 Å². The van der Waals surface area contributed by atoms with Crippen molar-refractivity contribution < 1.29 is 26.7 Å². The second kappa shape index (κ2) is 7.62. The minimum Gasteiger partial charge on any atom is -0.618 e. The average molecular weight is 468 g/mol. The van der Waals surface area contributed by atoms with Crippen molar-refractivity contribution in [3.63, 3.8) is 0 Å². The van der Waals surface area contributed by atoms with Crippen LogP contribution < -0.4 is 4.73 Å². The Balaban J connectivity index is 1.75. The summed E-state index contributed by atoms with van der Waals surface area (Å²) >= 11 is 1.40. The molecule has 0 radical (unpaired) electrons. The van der Waals surface area contributed by atoms with Crippen LogP contribution in [-0.4, -0.2) is 27.4 Å². The maximum atomic E-state index is 13.5. The van der Waals surface area contributed by atoms with E-state index in [1.807, 2.05) is 6.92 Å². The van der Waals surface area contributed by atoms with Crippen molar-refractivity contribution >= 4 is 22.7 Å². The largest absolute Gasteiger partial charge is 0.618 e. The van der Waals surface area contributed by atoms with Crippen LogP contribution in [0.3, 0.4) is 0 Å². The van der Waals surface area contributed by atoms with Crippen LogP contribution in [0.1, 0.15) is 25.3 Å². The fourth-order valence-corrected chi connectivity index (χ4v) is 4.41. The zero-order valence-electron chi connectivity index (χ0n) is 16.8. The van der Waals surface area contributed by atoms with Crippen molar-refractivity contribution in [2.24, 2.45) is 0 Å². The molecule has 0 aromatic carbocycles. The van der Waals surface area contributed by atoms with Gasteiger partial charge in [0.15, 0.2) is 6.20 Å². The number of alkyl halides is 5. The molecule has 0 aliphatic heterocycles. The van der Waals surface area contributed by atoms with E-state index in [0.29, 0.717) is 39.2 Å². The maximum absolute atomic E-state index is 13.5. The fourth-order valence-electron chi connectivity index (χ4n) is 3.56. The Kier molecular flexibility index (Phi) is 5.32. The van der Waals surface area contributed by atoms with E-state index in [-0.39, 0.29) is 16.9 Å². The molecule has 0 N–H and O–H groups in total. The van der Waals surface area contributed by atoms with Crippen LogP contribution in [-0.2, 0) is 12.0 Å². The third-order valence-electron chi connectivity index (χ3n) is 5.50. The van der Waals surface area contributed by atoms with Crippen LogP contribution in [0, 0.1) is 16.5 Å². The summed E-state index contributed by atoms with van der Waals surface area (Å²) in [5.41, 5.74) is 0.586.